The summed E-state index contributed by atoms with van der Waals surface area (Å²) in [4.78, 5) is 0. The Morgan fingerprint density at radius 3 is 1.00 bits per heavy atom. The maximum atomic E-state index is 0. The van der Waals surface area contributed by atoms with E-state index in [1.54, 1.807) is 0 Å². The van der Waals surface area contributed by atoms with Crippen LogP contribution in [-0.4, -0.2) is 40.7 Å². The van der Waals surface area contributed by atoms with Crippen molar-refractivity contribution in [2.45, 2.75) is 0 Å². The van der Waals surface area contributed by atoms with Gasteiger partial charge in [-0.3, -0.25) is 0 Å². The molecule has 0 amide bonds. The van der Waals surface area contributed by atoms with Crippen LogP contribution in [0.1, 0.15) is 0 Å². The van der Waals surface area contributed by atoms with E-state index in [1.807, 2.05) is 0 Å². The second-order valence-electron chi connectivity index (χ2n) is 0. The molecule has 0 aliphatic carbocycles. The van der Waals surface area contributed by atoms with Crippen molar-refractivity contribution in [3.63, 3.8) is 0 Å². The van der Waals surface area contributed by atoms with Crippen LogP contribution in [0, 0.1) is 0 Å². The van der Waals surface area contributed by atoms with Crippen LogP contribution in [0.4, 0.5) is 0 Å². The summed E-state index contributed by atoms with van der Waals surface area (Å²) in [5.74, 6) is 0. The molecule has 4 heteroatoms. The third kappa shape index (κ3) is 8.85. The molecule has 0 nitrogen and oxygen atoms in total. The predicted octanol–water partition coefficient (Wildman–Crippen LogP) is -0.767. The molecule has 0 aliphatic rings. The summed E-state index contributed by atoms with van der Waals surface area (Å²) in [6.45, 7) is 0. The zero-order valence-corrected chi connectivity index (χ0v) is 13.3. The zero-order valence-electron chi connectivity index (χ0n) is 2.23. The van der Waals surface area contributed by atoms with Gasteiger partial charge in [-0.15, -0.1) is 0 Å². The molecule has 0 saturated heterocycles. The number of rotatable bonds is 0. The first-order valence-corrected chi connectivity index (χ1v) is 0. The van der Waals surface area contributed by atoms with Gasteiger partial charge in [-0.1, -0.05) is 0 Å². The van der Waals surface area contributed by atoms with E-state index in [0.717, 1.165) is 0 Å². The fourth-order valence-electron chi connectivity index (χ4n) is 0. The van der Waals surface area contributed by atoms with Crippen molar-refractivity contribution in [1.29, 1.82) is 0 Å². The van der Waals surface area contributed by atoms with E-state index in [2.05, 4.69) is 0 Å². The predicted molar refractivity (Wildman–Crippen MR) is 11.5 cm³/mol. The van der Waals surface area contributed by atoms with Crippen LogP contribution in [0.3, 0.4) is 0 Å². The van der Waals surface area contributed by atoms with Crippen LogP contribution in [0.2, 0.25) is 0 Å². The summed E-state index contributed by atoms with van der Waals surface area (Å²) in [5, 5.41) is 0. The van der Waals surface area contributed by atoms with Gasteiger partial charge in [0.25, 0.3) is 0 Å². The third-order valence-corrected chi connectivity index (χ3v) is 0. The molecule has 0 bridgehead atoms. The van der Waals surface area contributed by atoms with Crippen molar-refractivity contribution in [3.8, 4) is 0 Å². The minimum atomic E-state index is 0. The van der Waals surface area contributed by atoms with E-state index in [4.69, 9.17) is 0 Å². The summed E-state index contributed by atoms with van der Waals surface area (Å²) >= 11 is 0. The molecule has 0 aromatic rings. The molecule has 4 heavy (non-hydrogen) atoms. The van der Waals surface area contributed by atoms with Crippen molar-refractivity contribution in [2.75, 3.05) is 0 Å². The Bertz CT molecular complexity index is 8.00. The first kappa shape index (κ1) is 28.8. The average Bonchev–Trinajstić information content (AvgIpc) is 0. The maximum Gasteiger partial charge on any atom is 0 e. The summed E-state index contributed by atoms with van der Waals surface area (Å²) in [6, 6.07) is 0. The normalized spacial score (nSPS) is 0. The Hall–Kier alpha value is 2.85. The first-order chi connectivity index (χ1) is 0. The molecular weight excluding hydrogens is 384 g/mol. The summed E-state index contributed by atoms with van der Waals surface area (Å²) < 4.78 is 0. The van der Waals surface area contributed by atoms with Crippen LogP contribution in [0.5, 0.6) is 0 Å². The summed E-state index contributed by atoms with van der Waals surface area (Å²) in [6.07, 6.45) is 0. The Balaban J connectivity index is 0. The molecule has 0 spiro atoms. The van der Waals surface area contributed by atoms with Crippen molar-refractivity contribution in [2.24, 2.45) is 0 Å². The average molecular weight is 384 g/mol. The standard InChI is InChI=1S/Cd.Se.Te.Zn. The molecule has 16 valence electrons. The van der Waals surface area contributed by atoms with Crippen LogP contribution < -0.4 is 0 Å². The van der Waals surface area contributed by atoms with E-state index in [1.165, 1.54) is 0 Å². The number of hydrogen-bond donors (Lipinski definition) is 0. The number of hydrogen-bond acceptors (Lipinski definition) is 0. The smallest absolute Gasteiger partial charge is 0 e. The summed E-state index contributed by atoms with van der Waals surface area (Å²) in [5.41, 5.74) is 0. The topological polar surface area (TPSA) is 0 Å². The van der Waals surface area contributed by atoms with E-state index < -0.39 is 0 Å². The molecule has 4 radical (unpaired) electrons. The molecule has 0 N–H and O–H groups in total. The minimum absolute atomic E-state index is 0. The van der Waals surface area contributed by atoms with Crippen molar-refractivity contribution < 1.29 is 46.8 Å². The Morgan fingerprint density at radius 2 is 1.00 bits per heavy atom. The SMILES string of the molecule is [Cd].[Se].[Te].[Zn]. The van der Waals surface area contributed by atoms with Gasteiger partial charge in [0.2, 0.25) is 0 Å². The van der Waals surface area contributed by atoms with Crippen molar-refractivity contribution >= 4 is 40.7 Å². The van der Waals surface area contributed by atoms with Gasteiger partial charge in [-0.25, -0.2) is 0 Å². The summed E-state index contributed by atoms with van der Waals surface area (Å²) in [7, 11) is 0. The van der Waals surface area contributed by atoms with E-state index in [0.29, 0.717) is 0 Å². The van der Waals surface area contributed by atoms with Crippen molar-refractivity contribution in [3.05, 3.63) is 0 Å². The maximum absolute atomic E-state index is 0. The molecule has 0 rings (SSSR count). The quantitative estimate of drug-likeness (QED) is 0.482. The van der Waals surface area contributed by atoms with Gasteiger partial charge < -0.3 is 0 Å². The molecule has 0 aliphatic heterocycles. The fourth-order valence-corrected chi connectivity index (χ4v) is 0. The minimum Gasteiger partial charge on any atom is 0 e. The van der Waals surface area contributed by atoms with Crippen LogP contribution in [0.25, 0.3) is 0 Å². The Morgan fingerprint density at radius 1 is 1.00 bits per heavy atom. The van der Waals surface area contributed by atoms with Gasteiger partial charge in [0.15, 0.2) is 0 Å². The molecule has 0 aromatic carbocycles. The first-order valence-electron chi connectivity index (χ1n) is 0. The van der Waals surface area contributed by atoms with E-state index in [9.17, 15) is 0 Å². The zero-order chi connectivity index (χ0) is 0. The van der Waals surface area contributed by atoms with Crippen LogP contribution >= 0.6 is 0 Å². The van der Waals surface area contributed by atoms with Gasteiger partial charge in [0.05, 0.1) is 0 Å². The van der Waals surface area contributed by atoms with Gasteiger partial charge in [-0.2, -0.15) is 0 Å². The van der Waals surface area contributed by atoms with Crippen LogP contribution in [-0.2, 0) is 46.8 Å². The second kappa shape index (κ2) is 16.9. The second-order valence-corrected chi connectivity index (χ2v) is 0. The van der Waals surface area contributed by atoms with Gasteiger partial charge in [0, 0.05) is 87.5 Å². The molecule has 0 saturated carbocycles. The van der Waals surface area contributed by atoms with Gasteiger partial charge in [-0.05, 0) is 0 Å². The van der Waals surface area contributed by atoms with E-state index in [-0.39, 0.29) is 87.5 Å². The largest absolute Gasteiger partial charge is 0 e. The van der Waals surface area contributed by atoms with Crippen molar-refractivity contribution in [1.82, 2.24) is 0 Å². The Labute approximate surface area is 86.0 Å². The Kier molecular flexibility index (Phi) is 122. The molecule has 0 fully saturated rings. The van der Waals surface area contributed by atoms with E-state index >= 15 is 0 Å². The fraction of sp³-hybridized carbons (Fsp3) is 0. The molecule has 0 heterocycles. The molecule has 0 aromatic heterocycles. The van der Waals surface area contributed by atoms with Gasteiger partial charge >= 0.3 is 0 Å². The molecule has 0 unspecified atom stereocenters. The molecule has 0 atom stereocenters. The monoisotopic (exact) mass is 388 g/mol. The van der Waals surface area contributed by atoms with Crippen LogP contribution in [0.15, 0.2) is 0 Å². The molecular formula is CdSeTeZn. The third-order valence-electron chi connectivity index (χ3n) is 0. The van der Waals surface area contributed by atoms with Gasteiger partial charge in [0.1, 0.15) is 0 Å².